The van der Waals surface area contributed by atoms with Crippen LogP contribution in [0.3, 0.4) is 0 Å². The number of hydrogen-bond donors (Lipinski definition) is 0. The van der Waals surface area contributed by atoms with Crippen molar-refractivity contribution in [3.05, 3.63) is 53.5 Å². The maximum absolute atomic E-state index is 14.3. The number of hydrogen-bond acceptors (Lipinski definition) is 3. The quantitative estimate of drug-likeness (QED) is 0.510. The average Bonchev–Trinajstić information content (AvgIpc) is 3.59. The van der Waals surface area contributed by atoms with E-state index < -0.39 is 0 Å². The van der Waals surface area contributed by atoms with Gasteiger partial charge in [-0.1, -0.05) is 6.92 Å². The van der Waals surface area contributed by atoms with E-state index in [1.807, 2.05) is 12.3 Å². The van der Waals surface area contributed by atoms with Gasteiger partial charge in [0.25, 0.3) is 0 Å². The van der Waals surface area contributed by atoms with Gasteiger partial charge in [-0.25, -0.2) is 9.37 Å². The Bertz CT molecular complexity index is 812. The zero-order chi connectivity index (χ0) is 20.2. The Balaban J connectivity index is 1.30. The van der Waals surface area contributed by atoms with Crippen LogP contribution in [-0.2, 0) is 0 Å². The second-order valence-electron chi connectivity index (χ2n) is 8.70. The highest BCUT2D eigenvalue weighted by atomic mass is 19.1. The van der Waals surface area contributed by atoms with E-state index >= 15 is 0 Å². The Hall–Kier alpha value is -2.10. The molecular formula is C25H32FNO2. The van der Waals surface area contributed by atoms with Gasteiger partial charge in [0, 0.05) is 12.3 Å². The number of benzene rings is 1. The van der Waals surface area contributed by atoms with E-state index in [1.54, 1.807) is 13.2 Å². The molecule has 1 unspecified atom stereocenters. The van der Waals surface area contributed by atoms with E-state index in [0.29, 0.717) is 18.4 Å². The Morgan fingerprint density at radius 2 is 1.86 bits per heavy atom. The maximum atomic E-state index is 14.3. The van der Waals surface area contributed by atoms with Crippen molar-refractivity contribution in [2.45, 2.75) is 63.7 Å². The summed E-state index contributed by atoms with van der Waals surface area (Å²) in [6.07, 6.45) is 9.87. The Morgan fingerprint density at radius 3 is 2.55 bits per heavy atom. The minimum absolute atomic E-state index is 0.118. The van der Waals surface area contributed by atoms with Crippen LogP contribution >= 0.6 is 0 Å². The topological polar surface area (TPSA) is 31.4 Å². The normalized spacial score (nSPS) is 22.9. The standard InChI is InChI=1S/C25H32FNO2/c1-3-22(18-8-9-18)20-12-13-27-25(14-20)29-16-17-4-6-19(7-5-17)23-15-21(28-2)10-11-24(23)26/h10-15,17-19,22H,3-9,16H2,1-2H3. The van der Waals surface area contributed by atoms with Crippen LogP contribution in [-0.4, -0.2) is 18.7 Å². The molecule has 2 aromatic rings. The van der Waals surface area contributed by atoms with Gasteiger partial charge >= 0.3 is 0 Å². The summed E-state index contributed by atoms with van der Waals surface area (Å²) in [5, 5.41) is 0. The summed E-state index contributed by atoms with van der Waals surface area (Å²) in [6.45, 7) is 2.97. The minimum Gasteiger partial charge on any atom is -0.497 e. The molecule has 0 bridgehead atoms. The lowest BCUT2D eigenvalue weighted by Crippen LogP contribution is -2.20. The molecule has 4 heteroatoms. The van der Waals surface area contributed by atoms with Crippen LogP contribution in [0.4, 0.5) is 4.39 Å². The molecule has 1 atom stereocenters. The summed E-state index contributed by atoms with van der Waals surface area (Å²) < 4.78 is 25.6. The molecule has 0 saturated heterocycles. The third kappa shape index (κ3) is 4.91. The van der Waals surface area contributed by atoms with Crippen LogP contribution < -0.4 is 9.47 Å². The smallest absolute Gasteiger partial charge is 0.213 e. The predicted molar refractivity (Wildman–Crippen MR) is 113 cm³/mol. The minimum atomic E-state index is -0.118. The van der Waals surface area contributed by atoms with E-state index in [9.17, 15) is 4.39 Å². The zero-order valence-corrected chi connectivity index (χ0v) is 17.6. The lowest BCUT2D eigenvalue weighted by molar-refractivity contribution is 0.193. The summed E-state index contributed by atoms with van der Waals surface area (Å²) >= 11 is 0. The van der Waals surface area contributed by atoms with Crippen LogP contribution in [0.15, 0.2) is 36.5 Å². The molecule has 4 rings (SSSR count). The molecular weight excluding hydrogens is 365 g/mol. The fourth-order valence-corrected chi connectivity index (χ4v) is 4.88. The molecule has 1 aromatic heterocycles. The highest BCUT2D eigenvalue weighted by Gasteiger charge is 2.31. The highest BCUT2D eigenvalue weighted by Crippen LogP contribution is 2.44. The molecule has 2 fully saturated rings. The SMILES string of the molecule is CCC(c1ccnc(OCC2CCC(c3cc(OC)ccc3F)CC2)c1)C1CC1. The van der Waals surface area contributed by atoms with E-state index in [-0.39, 0.29) is 11.7 Å². The van der Waals surface area contributed by atoms with Crippen molar-refractivity contribution in [1.29, 1.82) is 0 Å². The van der Waals surface area contributed by atoms with Gasteiger partial charge in [-0.15, -0.1) is 0 Å². The molecule has 0 N–H and O–H groups in total. The number of methoxy groups -OCH3 is 1. The molecule has 0 amide bonds. The van der Waals surface area contributed by atoms with Crippen molar-refractivity contribution < 1.29 is 13.9 Å². The largest absolute Gasteiger partial charge is 0.497 e. The summed E-state index contributed by atoms with van der Waals surface area (Å²) in [5.41, 5.74) is 2.17. The van der Waals surface area contributed by atoms with E-state index in [0.717, 1.165) is 48.8 Å². The van der Waals surface area contributed by atoms with Crippen LogP contribution in [0.2, 0.25) is 0 Å². The van der Waals surface area contributed by atoms with Crippen LogP contribution in [0, 0.1) is 17.7 Å². The number of rotatable bonds is 8. The Kier molecular flexibility index (Phi) is 6.37. The van der Waals surface area contributed by atoms with Gasteiger partial charge in [-0.2, -0.15) is 0 Å². The molecule has 1 aromatic carbocycles. The Morgan fingerprint density at radius 1 is 1.07 bits per heavy atom. The molecule has 0 spiro atoms. The fraction of sp³-hybridized carbons (Fsp3) is 0.560. The van der Waals surface area contributed by atoms with Crippen molar-refractivity contribution in [2.24, 2.45) is 11.8 Å². The first-order valence-electron chi connectivity index (χ1n) is 11.1. The summed E-state index contributed by atoms with van der Waals surface area (Å²) in [6, 6.07) is 9.35. The number of pyridine rings is 1. The number of aromatic nitrogens is 1. The van der Waals surface area contributed by atoms with Gasteiger partial charge in [0.2, 0.25) is 5.88 Å². The van der Waals surface area contributed by atoms with Crippen molar-refractivity contribution in [3.8, 4) is 11.6 Å². The van der Waals surface area contributed by atoms with Gasteiger partial charge in [0.15, 0.2) is 0 Å². The number of halogens is 1. The monoisotopic (exact) mass is 397 g/mol. The highest BCUT2D eigenvalue weighted by molar-refractivity contribution is 5.32. The number of nitrogens with zero attached hydrogens (tertiary/aromatic N) is 1. The van der Waals surface area contributed by atoms with Gasteiger partial charge in [-0.3, -0.25) is 0 Å². The molecule has 156 valence electrons. The first-order chi connectivity index (χ1) is 14.2. The third-order valence-electron chi connectivity index (χ3n) is 6.77. The maximum Gasteiger partial charge on any atom is 0.213 e. The van der Waals surface area contributed by atoms with E-state index in [2.05, 4.69) is 24.0 Å². The third-order valence-corrected chi connectivity index (χ3v) is 6.77. The van der Waals surface area contributed by atoms with E-state index in [1.165, 1.54) is 30.9 Å². The summed E-state index contributed by atoms with van der Waals surface area (Å²) in [5.74, 6) is 3.64. The van der Waals surface area contributed by atoms with Crippen molar-refractivity contribution in [2.75, 3.05) is 13.7 Å². The predicted octanol–water partition coefficient (Wildman–Crippen LogP) is 6.49. The van der Waals surface area contributed by atoms with E-state index in [4.69, 9.17) is 9.47 Å². The lowest BCUT2D eigenvalue weighted by Gasteiger charge is -2.29. The fourth-order valence-electron chi connectivity index (χ4n) is 4.88. The summed E-state index contributed by atoms with van der Waals surface area (Å²) in [4.78, 5) is 4.43. The lowest BCUT2D eigenvalue weighted by atomic mass is 9.79. The second kappa shape index (κ2) is 9.15. The molecule has 3 nitrogen and oxygen atoms in total. The zero-order valence-electron chi connectivity index (χ0n) is 17.6. The molecule has 2 aliphatic rings. The molecule has 29 heavy (non-hydrogen) atoms. The van der Waals surface area contributed by atoms with Crippen molar-refractivity contribution in [1.82, 2.24) is 4.98 Å². The average molecular weight is 398 g/mol. The van der Waals surface area contributed by atoms with Crippen LogP contribution in [0.1, 0.15) is 74.8 Å². The van der Waals surface area contributed by atoms with Gasteiger partial charge in [0.1, 0.15) is 11.6 Å². The van der Waals surface area contributed by atoms with Gasteiger partial charge in [-0.05, 0) is 104 Å². The Labute approximate surface area is 173 Å². The molecule has 1 heterocycles. The molecule has 2 saturated carbocycles. The first-order valence-corrected chi connectivity index (χ1v) is 11.1. The van der Waals surface area contributed by atoms with Crippen molar-refractivity contribution in [3.63, 3.8) is 0 Å². The van der Waals surface area contributed by atoms with Crippen LogP contribution in [0.25, 0.3) is 0 Å². The second-order valence-corrected chi connectivity index (χ2v) is 8.70. The van der Waals surface area contributed by atoms with Crippen LogP contribution in [0.5, 0.6) is 11.6 Å². The molecule has 2 aliphatic carbocycles. The van der Waals surface area contributed by atoms with Crippen molar-refractivity contribution >= 4 is 0 Å². The molecule has 0 radical (unpaired) electrons. The molecule has 0 aliphatic heterocycles. The number of ether oxygens (including phenoxy) is 2. The summed E-state index contributed by atoms with van der Waals surface area (Å²) in [7, 11) is 1.63. The van der Waals surface area contributed by atoms with Gasteiger partial charge in [0.05, 0.1) is 13.7 Å². The van der Waals surface area contributed by atoms with Gasteiger partial charge < -0.3 is 9.47 Å². The first kappa shape index (κ1) is 20.2.